The van der Waals surface area contributed by atoms with Gasteiger partial charge < -0.3 is 4.74 Å². The van der Waals surface area contributed by atoms with Gasteiger partial charge in [0.1, 0.15) is 5.15 Å². The number of likely N-dealkylation sites (tertiary alicyclic amines) is 1. The zero-order valence-corrected chi connectivity index (χ0v) is 12.4. The topological polar surface area (TPSA) is 43.2 Å². The Hall–Kier alpha value is -1.17. The quantitative estimate of drug-likeness (QED) is 0.756. The number of pyridine rings is 1. The fraction of sp³-hybridized carbons (Fsp3) is 0.571. The van der Waals surface area contributed by atoms with Crippen LogP contribution in [0.5, 0.6) is 0 Å². The molecular weight excluding hydrogens is 276 g/mol. The van der Waals surface area contributed by atoms with Crippen LogP contribution in [0.3, 0.4) is 0 Å². The average molecular weight is 295 g/mol. The predicted molar refractivity (Wildman–Crippen MR) is 78.9 cm³/mol. The number of halogens is 1. The first-order valence-corrected chi connectivity index (χ1v) is 7.38. The zero-order valence-electron chi connectivity index (χ0n) is 11.6. The molecule has 0 spiro atoms. The highest BCUT2D eigenvalue weighted by Gasteiger charge is 2.27. The van der Waals surface area contributed by atoms with Crippen LogP contribution in [0.15, 0.2) is 18.3 Å². The van der Waals surface area contributed by atoms with E-state index in [1.165, 1.54) is 25.9 Å². The van der Waals surface area contributed by atoms with Crippen molar-refractivity contribution in [3.63, 3.8) is 0 Å². The summed E-state index contributed by atoms with van der Waals surface area (Å²) in [6.45, 7) is 4.60. The summed E-state index contributed by atoms with van der Waals surface area (Å²) in [5, 5.41) is 5.59. The number of aryl methyl sites for hydroxylation is 1. The molecule has 0 N–H and O–H groups in total. The number of nitrogens with zero attached hydrogens (tertiary/aromatic N) is 4. The summed E-state index contributed by atoms with van der Waals surface area (Å²) in [4.78, 5) is 6.58. The van der Waals surface area contributed by atoms with Crippen LogP contribution in [-0.4, -0.2) is 52.0 Å². The van der Waals surface area contributed by atoms with Gasteiger partial charge in [0.2, 0.25) is 0 Å². The van der Waals surface area contributed by atoms with Crippen LogP contribution in [0.25, 0.3) is 11.0 Å². The predicted octanol–water partition coefficient (Wildman–Crippen LogP) is 2.10. The van der Waals surface area contributed by atoms with Crippen molar-refractivity contribution in [2.45, 2.75) is 18.9 Å². The molecule has 2 saturated heterocycles. The van der Waals surface area contributed by atoms with Crippen molar-refractivity contribution in [1.82, 2.24) is 19.7 Å². The molecule has 4 rings (SSSR count). The van der Waals surface area contributed by atoms with E-state index in [2.05, 4.69) is 15.0 Å². The number of rotatable bonds is 1. The van der Waals surface area contributed by atoms with Gasteiger partial charge in [0.25, 0.3) is 0 Å². The lowest BCUT2D eigenvalue weighted by Gasteiger charge is -2.34. The Bertz CT molecular complexity index is 576. The maximum atomic E-state index is 5.67. The van der Waals surface area contributed by atoms with E-state index < -0.39 is 0 Å². The van der Waals surface area contributed by atoms with Crippen molar-refractivity contribution in [2.24, 2.45) is 7.05 Å². The maximum Gasteiger partial charge on any atom is 0.182 e. The number of hydrogen-bond acceptors (Lipinski definition) is 4. The second-order valence-corrected chi connectivity index (χ2v) is 5.67. The molecule has 0 atom stereocenters. The summed E-state index contributed by atoms with van der Waals surface area (Å²) >= 11 is 5.67. The Morgan fingerprint density at radius 2 is 2.00 bits per heavy atom. The van der Waals surface area contributed by atoms with E-state index in [0.29, 0.717) is 10.8 Å². The first kappa shape index (κ1) is 13.8. The molecule has 0 unspecified atom stereocenters. The molecule has 0 aliphatic carbocycles. The molecule has 0 aromatic carbocycles. The number of aromatic nitrogens is 3. The van der Waals surface area contributed by atoms with Crippen LogP contribution in [0, 0.1) is 0 Å². The van der Waals surface area contributed by atoms with Crippen LogP contribution in [0.1, 0.15) is 12.8 Å². The monoisotopic (exact) mass is 294 g/mol. The summed E-state index contributed by atoms with van der Waals surface area (Å²) in [7, 11) is 1.86. The first-order chi connectivity index (χ1) is 9.72. The molecule has 2 aromatic rings. The largest absolute Gasteiger partial charge is 0.378 e. The first-order valence-electron chi connectivity index (χ1n) is 7.00. The summed E-state index contributed by atoms with van der Waals surface area (Å²) in [5.74, 6) is 0. The summed E-state index contributed by atoms with van der Waals surface area (Å²) in [6, 6.07) is 4.44. The lowest BCUT2D eigenvalue weighted by atomic mass is 10.2. The van der Waals surface area contributed by atoms with Crippen molar-refractivity contribution in [2.75, 3.05) is 26.3 Å². The van der Waals surface area contributed by atoms with Crippen molar-refractivity contribution in [3.8, 4) is 0 Å². The molecule has 4 heterocycles. The molecule has 2 aromatic heterocycles. The Morgan fingerprint density at radius 3 is 2.65 bits per heavy atom. The van der Waals surface area contributed by atoms with E-state index in [0.717, 1.165) is 24.6 Å². The highest BCUT2D eigenvalue weighted by Crippen LogP contribution is 2.16. The molecule has 2 aliphatic rings. The van der Waals surface area contributed by atoms with Gasteiger partial charge in [-0.25, -0.2) is 4.98 Å². The third-order valence-electron chi connectivity index (χ3n) is 3.73. The minimum Gasteiger partial charge on any atom is -0.378 e. The van der Waals surface area contributed by atoms with Crippen LogP contribution in [0.2, 0.25) is 5.15 Å². The van der Waals surface area contributed by atoms with Crippen molar-refractivity contribution >= 4 is 22.6 Å². The lowest BCUT2D eigenvalue weighted by Crippen LogP contribution is -2.47. The van der Waals surface area contributed by atoms with Gasteiger partial charge >= 0.3 is 0 Å². The Labute approximate surface area is 123 Å². The van der Waals surface area contributed by atoms with Gasteiger partial charge in [-0.1, -0.05) is 11.6 Å². The third-order valence-corrected chi connectivity index (χ3v) is 3.94. The summed E-state index contributed by atoms with van der Waals surface area (Å²) in [5.41, 5.74) is 0.694. The smallest absolute Gasteiger partial charge is 0.182 e. The Kier molecular flexibility index (Phi) is 4.19. The Balaban J connectivity index is 0.000000123. The zero-order chi connectivity index (χ0) is 13.9. The highest BCUT2D eigenvalue weighted by molar-refractivity contribution is 6.29. The standard InChI is InChI=1S/C7H6ClN3.C7H13NO/c1-11-4-5-2-3-6(8)9-7(5)10-11;1-2-4-8(3-1)7-5-9-6-7/h2-4H,1H3;7H,1-6H2. The molecule has 2 aliphatic heterocycles. The van der Waals surface area contributed by atoms with Gasteiger partial charge in [0.05, 0.1) is 19.3 Å². The van der Waals surface area contributed by atoms with Gasteiger partial charge in [-0.3, -0.25) is 9.58 Å². The highest BCUT2D eigenvalue weighted by atomic mass is 35.5. The second-order valence-electron chi connectivity index (χ2n) is 5.28. The molecule has 0 bridgehead atoms. The summed E-state index contributed by atoms with van der Waals surface area (Å²) < 4.78 is 6.82. The van der Waals surface area contributed by atoms with Crippen LogP contribution >= 0.6 is 11.6 Å². The van der Waals surface area contributed by atoms with E-state index >= 15 is 0 Å². The van der Waals surface area contributed by atoms with E-state index in [4.69, 9.17) is 16.3 Å². The third kappa shape index (κ3) is 3.11. The molecule has 0 saturated carbocycles. The molecule has 0 radical (unpaired) electrons. The van der Waals surface area contributed by atoms with Gasteiger partial charge in [-0.15, -0.1) is 0 Å². The molecule has 108 valence electrons. The number of hydrogen-bond donors (Lipinski definition) is 0. The molecule has 2 fully saturated rings. The normalized spacial score (nSPS) is 19.7. The lowest BCUT2D eigenvalue weighted by molar-refractivity contribution is -0.0569. The van der Waals surface area contributed by atoms with E-state index in [9.17, 15) is 0 Å². The Morgan fingerprint density at radius 1 is 1.25 bits per heavy atom. The minimum atomic E-state index is 0.483. The number of ether oxygens (including phenoxy) is 1. The molecular formula is C14H19ClN4O. The maximum absolute atomic E-state index is 5.67. The van der Waals surface area contributed by atoms with Crippen molar-refractivity contribution < 1.29 is 4.74 Å². The van der Waals surface area contributed by atoms with Gasteiger partial charge in [-0.2, -0.15) is 5.10 Å². The SMILES string of the molecule is C1CCN(C2COC2)C1.Cn1cc2ccc(Cl)nc2n1. The molecule has 6 heteroatoms. The van der Waals surface area contributed by atoms with Crippen LogP contribution in [-0.2, 0) is 11.8 Å². The van der Waals surface area contributed by atoms with E-state index in [1.807, 2.05) is 19.3 Å². The van der Waals surface area contributed by atoms with Gasteiger partial charge in [0, 0.05) is 18.6 Å². The van der Waals surface area contributed by atoms with E-state index in [1.54, 1.807) is 10.7 Å². The van der Waals surface area contributed by atoms with Crippen molar-refractivity contribution in [1.29, 1.82) is 0 Å². The van der Waals surface area contributed by atoms with E-state index in [-0.39, 0.29) is 0 Å². The van der Waals surface area contributed by atoms with Crippen molar-refractivity contribution in [3.05, 3.63) is 23.5 Å². The number of fused-ring (bicyclic) bond motifs is 1. The summed E-state index contributed by atoms with van der Waals surface area (Å²) in [6.07, 6.45) is 4.70. The fourth-order valence-electron chi connectivity index (χ4n) is 2.54. The van der Waals surface area contributed by atoms with Gasteiger partial charge in [-0.05, 0) is 38.1 Å². The average Bonchev–Trinajstić information content (AvgIpc) is 2.96. The fourth-order valence-corrected chi connectivity index (χ4v) is 2.68. The van der Waals surface area contributed by atoms with Gasteiger partial charge in [0.15, 0.2) is 5.65 Å². The van der Waals surface area contributed by atoms with Crippen LogP contribution in [0.4, 0.5) is 0 Å². The molecule has 20 heavy (non-hydrogen) atoms. The second kappa shape index (κ2) is 6.08. The minimum absolute atomic E-state index is 0.483. The molecule has 0 amide bonds. The molecule has 5 nitrogen and oxygen atoms in total. The van der Waals surface area contributed by atoms with Crippen LogP contribution < -0.4 is 0 Å².